The molecule has 0 radical (unpaired) electrons. The normalized spacial score (nSPS) is 32.4. The van der Waals surface area contributed by atoms with Crippen LogP contribution in [0.15, 0.2) is 0 Å². The molecule has 0 spiro atoms. The number of aliphatic hydroxyl groups excluding tert-OH is 1. The summed E-state index contributed by atoms with van der Waals surface area (Å²) in [6.07, 6.45) is 10.7. The van der Waals surface area contributed by atoms with Gasteiger partial charge in [0, 0.05) is 31.2 Å². The number of hydrogen-bond donors (Lipinski definition) is 1. The molecule has 2 aliphatic rings. The summed E-state index contributed by atoms with van der Waals surface area (Å²) < 4.78 is 0. The maximum Gasteiger partial charge on any atom is 0.0499 e. The molecule has 2 heteroatoms. The van der Waals surface area contributed by atoms with E-state index in [2.05, 4.69) is 25.7 Å². The van der Waals surface area contributed by atoms with E-state index in [0.29, 0.717) is 6.61 Å². The topological polar surface area (TPSA) is 23.5 Å². The molecule has 0 amide bonds. The van der Waals surface area contributed by atoms with Crippen molar-refractivity contribution in [3.05, 3.63) is 0 Å². The Morgan fingerprint density at radius 1 is 1.15 bits per heavy atom. The number of nitrogens with zero attached hydrogens (tertiary/aromatic N) is 1. The fourth-order valence-corrected chi connectivity index (χ4v) is 4.62. The Hall–Kier alpha value is -0.0800. The number of aliphatic hydroxyl groups is 1. The standard InChI is InChI=1S/C18H35NO/c1-15(2)12-19(17-8-4-5-9-17)13-18(14-20)10-6-7-16(3)11-18/h15-17,20H,4-14H2,1-3H3. The first-order chi connectivity index (χ1) is 9.54. The maximum absolute atomic E-state index is 10.1. The van der Waals surface area contributed by atoms with E-state index < -0.39 is 0 Å². The molecule has 2 rings (SSSR count). The summed E-state index contributed by atoms with van der Waals surface area (Å²) in [7, 11) is 0. The van der Waals surface area contributed by atoms with Gasteiger partial charge in [-0.25, -0.2) is 0 Å². The second kappa shape index (κ2) is 7.26. The van der Waals surface area contributed by atoms with Gasteiger partial charge in [0.2, 0.25) is 0 Å². The van der Waals surface area contributed by atoms with Gasteiger partial charge in [0.15, 0.2) is 0 Å². The van der Waals surface area contributed by atoms with Crippen molar-refractivity contribution in [2.24, 2.45) is 17.3 Å². The van der Waals surface area contributed by atoms with E-state index in [9.17, 15) is 5.11 Å². The second-order valence-electron chi connectivity index (χ2n) is 8.12. The molecule has 0 bridgehead atoms. The van der Waals surface area contributed by atoms with Gasteiger partial charge in [0.1, 0.15) is 0 Å². The lowest BCUT2D eigenvalue weighted by atomic mass is 9.70. The summed E-state index contributed by atoms with van der Waals surface area (Å²) in [6, 6.07) is 0.790. The zero-order valence-electron chi connectivity index (χ0n) is 13.9. The van der Waals surface area contributed by atoms with Gasteiger partial charge in [-0.3, -0.25) is 4.90 Å². The molecular formula is C18H35NO. The molecule has 1 N–H and O–H groups in total. The fraction of sp³-hybridized carbons (Fsp3) is 1.00. The van der Waals surface area contributed by atoms with Crippen molar-refractivity contribution in [1.82, 2.24) is 4.90 Å². The van der Waals surface area contributed by atoms with Crippen LogP contribution in [-0.4, -0.2) is 35.7 Å². The molecule has 20 heavy (non-hydrogen) atoms. The lowest BCUT2D eigenvalue weighted by Gasteiger charge is -2.44. The summed E-state index contributed by atoms with van der Waals surface area (Å²) in [5.41, 5.74) is 0.190. The highest BCUT2D eigenvalue weighted by atomic mass is 16.3. The van der Waals surface area contributed by atoms with Crippen LogP contribution >= 0.6 is 0 Å². The summed E-state index contributed by atoms with van der Waals surface area (Å²) in [6.45, 7) is 9.76. The quantitative estimate of drug-likeness (QED) is 0.793. The molecule has 2 atom stereocenters. The second-order valence-corrected chi connectivity index (χ2v) is 8.12. The molecule has 2 nitrogen and oxygen atoms in total. The van der Waals surface area contributed by atoms with Gasteiger partial charge in [-0.15, -0.1) is 0 Å². The average molecular weight is 281 g/mol. The van der Waals surface area contributed by atoms with Gasteiger partial charge in [-0.2, -0.15) is 0 Å². The minimum atomic E-state index is 0.190. The lowest BCUT2D eigenvalue weighted by molar-refractivity contribution is 0.00734. The van der Waals surface area contributed by atoms with E-state index >= 15 is 0 Å². The summed E-state index contributed by atoms with van der Waals surface area (Å²) in [4.78, 5) is 2.74. The van der Waals surface area contributed by atoms with Crippen LogP contribution in [0, 0.1) is 17.3 Å². The molecule has 0 heterocycles. The van der Waals surface area contributed by atoms with Crippen LogP contribution in [-0.2, 0) is 0 Å². The third-order valence-corrected chi connectivity index (χ3v) is 5.50. The highest BCUT2D eigenvalue weighted by molar-refractivity contribution is 4.90. The minimum absolute atomic E-state index is 0.190. The minimum Gasteiger partial charge on any atom is -0.396 e. The smallest absolute Gasteiger partial charge is 0.0499 e. The van der Waals surface area contributed by atoms with E-state index in [0.717, 1.165) is 24.4 Å². The van der Waals surface area contributed by atoms with Gasteiger partial charge in [0.05, 0.1) is 0 Å². The van der Waals surface area contributed by atoms with Crippen molar-refractivity contribution >= 4 is 0 Å². The van der Waals surface area contributed by atoms with Gasteiger partial charge in [0.25, 0.3) is 0 Å². The predicted octanol–water partition coefficient (Wildman–Crippen LogP) is 4.08. The van der Waals surface area contributed by atoms with Gasteiger partial charge >= 0.3 is 0 Å². The third kappa shape index (κ3) is 4.21. The lowest BCUT2D eigenvalue weighted by Crippen LogP contribution is -2.47. The van der Waals surface area contributed by atoms with Crippen LogP contribution in [0.1, 0.15) is 72.1 Å². The van der Waals surface area contributed by atoms with Crippen LogP contribution < -0.4 is 0 Å². The SMILES string of the molecule is CC(C)CN(CC1(CO)CCCC(C)C1)C1CCCC1. The Balaban J connectivity index is 2.03. The zero-order valence-corrected chi connectivity index (χ0v) is 13.9. The third-order valence-electron chi connectivity index (χ3n) is 5.50. The first-order valence-corrected chi connectivity index (χ1v) is 8.89. The predicted molar refractivity (Wildman–Crippen MR) is 85.8 cm³/mol. The van der Waals surface area contributed by atoms with Gasteiger partial charge in [-0.1, -0.05) is 46.5 Å². The summed E-state index contributed by atoms with van der Waals surface area (Å²) in [5, 5.41) is 10.1. The molecule has 0 aromatic heterocycles. The first-order valence-electron chi connectivity index (χ1n) is 8.89. The molecule has 2 fully saturated rings. The Morgan fingerprint density at radius 3 is 2.40 bits per heavy atom. The van der Waals surface area contributed by atoms with Crippen LogP contribution in [0.3, 0.4) is 0 Å². The van der Waals surface area contributed by atoms with Gasteiger partial charge < -0.3 is 5.11 Å². The van der Waals surface area contributed by atoms with E-state index in [-0.39, 0.29) is 5.41 Å². The Labute approximate surface area is 125 Å². The molecule has 0 saturated heterocycles. The van der Waals surface area contributed by atoms with Crippen molar-refractivity contribution in [2.45, 2.75) is 78.2 Å². The van der Waals surface area contributed by atoms with E-state index in [1.165, 1.54) is 57.9 Å². The van der Waals surface area contributed by atoms with Crippen molar-refractivity contribution in [2.75, 3.05) is 19.7 Å². The Morgan fingerprint density at radius 2 is 1.85 bits per heavy atom. The highest BCUT2D eigenvalue weighted by Gasteiger charge is 2.38. The molecule has 118 valence electrons. The van der Waals surface area contributed by atoms with E-state index in [4.69, 9.17) is 0 Å². The van der Waals surface area contributed by atoms with Crippen LogP contribution in [0.4, 0.5) is 0 Å². The fourth-order valence-electron chi connectivity index (χ4n) is 4.62. The van der Waals surface area contributed by atoms with Crippen molar-refractivity contribution in [1.29, 1.82) is 0 Å². The van der Waals surface area contributed by atoms with Gasteiger partial charge in [-0.05, 0) is 37.5 Å². The maximum atomic E-state index is 10.1. The van der Waals surface area contributed by atoms with Crippen LogP contribution in [0.2, 0.25) is 0 Å². The Bertz CT molecular complexity index is 285. The number of hydrogen-bond acceptors (Lipinski definition) is 2. The highest BCUT2D eigenvalue weighted by Crippen LogP contribution is 2.41. The molecule has 2 unspecified atom stereocenters. The van der Waals surface area contributed by atoms with Crippen molar-refractivity contribution < 1.29 is 5.11 Å². The summed E-state index contributed by atoms with van der Waals surface area (Å²) >= 11 is 0. The monoisotopic (exact) mass is 281 g/mol. The molecule has 0 aliphatic heterocycles. The molecule has 0 aromatic carbocycles. The van der Waals surface area contributed by atoms with Crippen molar-refractivity contribution in [3.63, 3.8) is 0 Å². The molecule has 0 aromatic rings. The van der Waals surface area contributed by atoms with Crippen molar-refractivity contribution in [3.8, 4) is 0 Å². The van der Waals surface area contributed by atoms with Crippen LogP contribution in [0.5, 0.6) is 0 Å². The summed E-state index contributed by atoms with van der Waals surface area (Å²) in [5.74, 6) is 1.52. The van der Waals surface area contributed by atoms with E-state index in [1.807, 2.05) is 0 Å². The van der Waals surface area contributed by atoms with E-state index in [1.54, 1.807) is 0 Å². The van der Waals surface area contributed by atoms with Crippen LogP contribution in [0.25, 0.3) is 0 Å². The average Bonchev–Trinajstić information content (AvgIpc) is 2.91. The molecule has 2 saturated carbocycles. The molecule has 2 aliphatic carbocycles. The first kappa shape index (κ1) is 16.3. The zero-order chi connectivity index (χ0) is 14.6. The molecular weight excluding hydrogens is 246 g/mol. The number of rotatable bonds is 6. The largest absolute Gasteiger partial charge is 0.396 e. The Kier molecular flexibility index (Phi) is 5.92.